The molecule has 0 amide bonds. The van der Waals surface area contributed by atoms with Crippen LogP contribution in [0.1, 0.15) is 41.4 Å². The van der Waals surface area contributed by atoms with Crippen molar-refractivity contribution in [3.8, 4) is 5.75 Å². The highest BCUT2D eigenvalue weighted by atomic mass is 16.5. The summed E-state index contributed by atoms with van der Waals surface area (Å²) in [6, 6.07) is 8.18. The molecule has 0 spiro atoms. The number of hydrogen-bond donors (Lipinski definition) is 1. The fourth-order valence-corrected chi connectivity index (χ4v) is 2.62. The summed E-state index contributed by atoms with van der Waals surface area (Å²) in [5.41, 5.74) is 11.0. The summed E-state index contributed by atoms with van der Waals surface area (Å²) in [7, 11) is 1.97. The third-order valence-corrected chi connectivity index (χ3v) is 4.22. The van der Waals surface area contributed by atoms with Crippen molar-refractivity contribution in [3.63, 3.8) is 0 Å². The molecule has 0 saturated heterocycles. The second kappa shape index (κ2) is 5.53. The van der Waals surface area contributed by atoms with Gasteiger partial charge in [0.05, 0.1) is 11.8 Å². The first kappa shape index (κ1) is 14.1. The van der Waals surface area contributed by atoms with E-state index in [2.05, 4.69) is 24.2 Å². The van der Waals surface area contributed by atoms with Crippen molar-refractivity contribution < 1.29 is 4.74 Å². The monoisotopic (exact) mass is 285 g/mol. The molecule has 4 nitrogen and oxygen atoms in total. The number of nitrogens with zero attached hydrogens (tertiary/aromatic N) is 2. The Morgan fingerprint density at radius 3 is 2.48 bits per heavy atom. The summed E-state index contributed by atoms with van der Waals surface area (Å²) < 4.78 is 7.69. The van der Waals surface area contributed by atoms with Gasteiger partial charge in [-0.25, -0.2) is 0 Å². The lowest BCUT2D eigenvalue weighted by atomic mass is 9.98. The van der Waals surface area contributed by atoms with Crippen LogP contribution in [0.4, 0.5) is 0 Å². The largest absolute Gasteiger partial charge is 0.490 e. The smallest absolute Gasteiger partial charge is 0.119 e. The van der Waals surface area contributed by atoms with E-state index < -0.39 is 0 Å². The Morgan fingerprint density at radius 1 is 1.29 bits per heavy atom. The summed E-state index contributed by atoms with van der Waals surface area (Å²) >= 11 is 0. The molecule has 0 bridgehead atoms. The van der Waals surface area contributed by atoms with Crippen LogP contribution in [-0.4, -0.2) is 15.9 Å². The van der Waals surface area contributed by atoms with E-state index in [0.717, 1.165) is 23.4 Å². The number of aryl methyl sites for hydroxylation is 2. The van der Waals surface area contributed by atoms with Crippen LogP contribution in [0.25, 0.3) is 0 Å². The van der Waals surface area contributed by atoms with Crippen LogP contribution in [0.3, 0.4) is 0 Å². The van der Waals surface area contributed by atoms with Crippen LogP contribution < -0.4 is 10.5 Å². The van der Waals surface area contributed by atoms with Crippen molar-refractivity contribution in [1.29, 1.82) is 0 Å². The van der Waals surface area contributed by atoms with E-state index in [1.807, 2.05) is 30.8 Å². The van der Waals surface area contributed by atoms with Crippen LogP contribution in [-0.2, 0) is 13.5 Å². The zero-order valence-electron chi connectivity index (χ0n) is 13.0. The lowest BCUT2D eigenvalue weighted by Gasteiger charge is -2.13. The highest BCUT2D eigenvalue weighted by Crippen LogP contribution is 2.28. The van der Waals surface area contributed by atoms with Crippen molar-refractivity contribution in [2.45, 2.75) is 45.3 Å². The number of benzene rings is 1. The maximum absolute atomic E-state index is 6.36. The van der Waals surface area contributed by atoms with Gasteiger partial charge in [0.2, 0.25) is 0 Å². The fraction of sp³-hybridized carbons (Fsp3) is 0.471. The highest BCUT2D eigenvalue weighted by Gasteiger charge is 2.23. The maximum atomic E-state index is 6.36. The van der Waals surface area contributed by atoms with E-state index in [4.69, 9.17) is 10.5 Å². The fourth-order valence-electron chi connectivity index (χ4n) is 2.62. The van der Waals surface area contributed by atoms with E-state index in [-0.39, 0.29) is 6.04 Å². The SMILES string of the molecule is Cc1nn(C)c(C)c1CC(N)c1ccc(OC2CC2)cc1. The molecule has 4 heteroatoms. The number of nitrogens with two attached hydrogens (primary N) is 1. The van der Waals surface area contributed by atoms with E-state index in [9.17, 15) is 0 Å². The minimum atomic E-state index is -0.0124. The molecule has 1 fully saturated rings. The molecule has 0 aliphatic heterocycles. The first-order valence-corrected chi connectivity index (χ1v) is 7.56. The molecule has 2 N–H and O–H groups in total. The van der Waals surface area contributed by atoms with Gasteiger partial charge in [0.1, 0.15) is 5.75 Å². The average Bonchev–Trinajstić information content (AvgIpc) is 3.24. The van der Waals surface area contributed by atoms with E-state index >= 15 is 0 Å². The standard InChI is InChI=1S/C17H23N3O/c1-11-16(12(2)20(3)19-11)10-17(18)13-4-6-14(7-5-13)21-15-8-9-15/h4-7,15,17H,8-10,18H2,1-3H3. The van der Waals surface area contributed by atoms with Crippen LogP contribution in [0.5, 0.6) is 5.75 Å². The van der Waals surface area contributed by atoms with Gasteiger partial charge in [0.15, 0.2) is 0 Å². The van der Waals surface area contributed by atoms with Gasteiger partial charge in [-0.3, -0.25) is 4.68 Å². The minimum absolute atomic E-state index is 0.0124. The lowest BCUT2D eigenvalue weighted by Crippen LogP contribution is -2.14. The quantitative estimate of drug-likeness (QED) is 0.919. The topological polar surface area (TPSA) is 53.1 Å². The van der Waals surface area contributed by atoms with Crippen molar-refractivity contribution >= 4 is 0 Å². The number of rotatable bonds is 5. The van der Waals surface area contributed by atoms with Crippen LogP contribution in [0, 0.1) is 13.8 Å². The molecule has 112 valence electrons. The number of ether oxygens (including phenoxy) is 1. The zero-order valence-corrected chi connectivity index (χ0v) is 13.0. The van der Waals surface area contributed by atoms with Crippen molar-refractivity contribution in [2.24, 2.45) is 12.8 Å². The third kappa shape index (κ3) is 3.10. The maximum Gasteiger partial charge on any atom is 0.119 e. The summed E-state index contributed by atoms with van der Waals surface area (Å²) in [5, 5.41) is 4.45. The molecular formula is C17H23N3O. The Balaban J connectivity index is 1.70. The molecule has 1 saturated carbocycles. The average molecular weight is 285 g/mol. The molecule has 0 radical (unpaired) electrons. The minimum Gasteiger partial charge on any atom is -0.490 e. The second-order valence-electron chi connectivity index (χ2n) is 5.97. The summed E-state index contributed by atoms with van der Waals surface area (Å²) in [6.45, 7) is 4.14. The number of aromatic nitrogens is 2. The molecule has 1 heterocycles. The molecular weight excluding hydrogens is 262 g/mol. The van der Waals surface area contributed by atoms with Crippen LogP contribution in [0.2, 0.25) is 0 Å². The van der Waals surface area contributed by atoms with E-state index in [0.29, 0.717) is 6.10 Å². The Bertz CT molecular complexity index is 626. The number of hydrogen-bond acceptors (Lipinski definition) is 3. The highest BCUT2D eigenvalue weighted by molar-refractivity contribution is 5.32. The Hall–Kier alpha value is -1.81. The molecule has 2 aromatic rings. The zero-order chi connectivity index (χ0) is 15.0. The summed E-state index contributed by atoms with van der Waals surface area (Å²) in [4.78, 5) is 0. The van der Waals surface area contributed by atoms with E-state index in [1.165, 1.54) is 24.1 Å². The molecule has 21 heavy (non-hydrogen) atoms. The van der Waals surface area contributed by atoms with Crippen molar-refractivity contribution in [2.75, 3.05) is 0 Å². The van der Waals surface area contributed by atoms with E-state index in [1.54, 1.807) is 0 Å². The molecule has 1 atom stereocenters. The van der Waals surface area contributed by atoms with Gasteiger partial charge in [-0.2, -0.15) is 5.10 Å². The summed E-state index contributed by atoms with van der Waals surface area (Å²) in [5.74, 6) is 0.946. The molecule has 1 aliphatic rings. The second-order valence-corrected chi connectivity index (χ2v) is 5.97. The van der Waals surface area contributed by atoms with Crippen molar-refractivity contribution in [3.05, 3.63) is 46.8 Å². The predicted molar refractivity (Wildman–Crippen MR) is 83.4 cm³/mol. The van der Waals surface area contributed by atoms with Crippen LogP contribution in [0.15, 0.2) is 24.3 Å². The first-order chi connectivity index (χ1) is 10.0. The van der Waals surface area contributed by atoms with Crippen LogP contribution >= 0.6 is 0 Å². The molecule has 1 aliphatic carbocycles. The first-order valence-electron chi connectivity index (χ1n) is 7.56. The van der Waals surface area contributed by atoms with Gasteiger partial charge in [-0.1, -0.05) is 12.1 Å². The predicted octanol–water partition coefficient (Wildman–Crippen LogP) is 2.82. The third-order valence-electron chi connectivity index (χ3n) is 4.22. The molecule has 3 rings (SSSR count). The normalized spacial score (nSPS) is 16.0. The lowest BCUT2D eigenvalue weighted by molar-refractivity contribution is 0.303. The Labute approximate surface area is 125 Å². The van der Waals surface area contributed by atoms with Gasteiger partial charge in [0, 0.05) is 18.8 Å². The van der Waals surface area contributed by atoms with Gasteiger partial charge >= 0.3 is 0 Å². The molecule has 1 unspecified atom stereocenters. The van der Waals surface area contributed by atoms with Gasteiger partial charge in [-0.05, 0) is 56.4 Å². The molecule has 1 aromatic heterocycles. The van der Waals surface area contributed by atoms with Crippen molar-refractivity contribution in [1.82, 2.24) is 9.78 Å². The summed E-state index contributed by atoms with van der Waals surface area (Å²) in [6.07, 6.45) is 3.61. The van der Waals surface area contributed by atoms with Gasteiger partial charge < -0.3 is 10.5 Å². The Kier molecular flexibility index (Phi) is 3.72. The van der Waals surface area contributed by atoms with Gasteiger partial charge in [0.25, 0.3) is 0 Å². The molecule has 1 aromatic carbocycles. The Morgan fingerprint density at radius 2 is 1.95 bits per heavy atom. The van der Waals surface area contributed by atoms with Gasteiger partial charge in [-0.15, -0.1) is 0 Å².